The van der Waals surface area contributed by atoms with Crippen LogP contribution in [0.1, 0.15) is 50.1 Å². The number of likely N-dealkylation sites (tertiary alicyclic amines) is 1. The zero-order chi connectivity index (χ0) is 20.4. The molecular formula is C23H33N3O3. The minimum Gasteiger partial charge on any atom is -0.497 e. The largest absolute Gasteiger partial charge is 0.497 e. The second kappa shape index (κ2) is 8.74. The number of hydrogen-bond acceptors (Lipinski definition) is 4. The molecule has 3 aliphatic rings. The van der Waals surface area contributed by atoms with Crippen molar-refractivity contribution in [2.45, 2.75) is 50.6 Å². The molecule has 0 aromatic heterocycles. The molecule has 158 valence electrons. The summed E-state index contributed by atoms with van der Waals surface area (Å²) in [7, 11) is 3.43. The second-order valence-corrected chi connectivity index (χ2v) is 8.78. The molecule has 1 aromatic carbocycles. The number of nitrogens with zero attached hydrogens (tertiary/aromatic N) is 2. The first kappa shape index (κ1) is 20.2. The van der Waals surface area contributed by atoms with E-state index in [1.807, 2.05) is 24.3 Å². The average Bonchev–Trinajstić information content (AvgIpc) is 3.06. The molecule has 2 amide bonds. The van der Waals surface area contributed by atoms with Crippen LogP contribution in [0.3, 0.4) is 0 Å². The van der Waals surface area contributed by atoms with Crippen molar-refractivity contribution in [2.75, 3.05) is 33.8 Å². The first-order valence-corrected chi connectivity index (χ1v) is 11.0. The molecular weight excluding hydrogens is 366 g/mol. The Balaban J connectivity index is 1.42. The number of amides is 2. The van der Waals surface area contributed by atoms with E-state index in [-0.39, 0.29) is 30.2 Å². The molecule has 1 N–H and O–H groups in total. The first-order chi connectivity index (χ1) is 14.1. The lowest BCUT2D eigenvalue weighted by Gasteiger charge is -2.44. The van der Waals surface area contributed by atoms with Crippen molar-refractivity contribution in [3.63, 3.8) is 0 Å². The van der Waals surface area contributed by atoms with Gasteiger partial charge >= 0.3 is 0 Å². The number of benzene rings is 1. The highest BCUT2D eigenvalue weighted by Crippen LogP contribution is 2.38. The number of methoxy groups -OCH3 is 1. The molecule has 0 bridgehead atoms. The van der Waals surface area contributed by atoms with Crippen molar-refractivity contribution in [3.05, 3.63) is 29.8 Å². The van der Waals surface area contributed by atoms with Gasteiger partial charge in [-0.05, 0) is 62.4 Å². The Morgan fingerprint density at radius 3 is 2.66 bits per heavy atom. The third-order valence-electron chi connectivity index (χ3n) is 7.15. The summed E-state index contributed by atoms with van der Waals surface area (Å²) in [5.74, 6) is 1.00. The summed E-state index contributed by atoms with van der Waals surface area (Å²) in [6.07, 6.45) is 6.53. The van der Waals surface area contributed by atoms with Gasteiger partial charge in [-0.25, -0.2) is 0 Å². The highest BCUT2D eigenvalue weighted by atomic mass is 16.5. The maximum atomic E-state index is 13.1. The van der Waals surface area contributed by atoms with Crippen LogP contribution < -0.4 is 10.1 Å². The van der Waals surface area contributed by atoms with Crippen molar-refractivity contribution in [2.24, 2.45) is 11.8 Å². The lowest BCUT2D eigenvalue weighted by Crippen LogP contribution is -2.51. The lowest BCUT2D eigenvalue weighted by molar-refractivity contribution is -0.128. The first-order valence-electron chi connectivity index (χ1n) is 11.0. The van der Waals surface area contributed by atoms with Gasteiger partial charge in [-0.3, -0.25) is 9.59 Å². The van der Waals surface area contributed by atoms with Gasteiger partial charge in [0.25, 0.3) is 0 Å². The van der Waals surface area contributed by atoms with Crippen molar-refractivity contribution in [1.29, 1.82) is 0 Å². The molecule has 0 unspecified atom stereocenters. The molecule has 3 saturated heterocycles. The summed E-state index contributed by atoms with van der Waals surface area (Å²) in [5, 5.41) is 3.22. The Morgan fingerprint density at radius 1 is 1.14 bits per heavy atom. The average molecular weight is 400 g/mol. The van der Waals surface area contributed by atoms with E-state index in [2.05, 4.69) is 10.2 Å². The van der Waals surface area contributed by atoms with E-state index in [1.54, 1.807) is 19.1 Å². The zero-order valence-corrected chi connectivity index (χ0v) is 17.6. The zero-order valence-electron chi connectivity index (χ0n) is 17.6. The van der Waals surface area contributed by atoms with Crippen LogP contribution in [-0.4, -0.2) is 61.4 Å². The topological polar surface area (TPSA) is 61.9 Å². The minimum atomic E-state index is -0.341. The summed E-state index contributed by atoms with van der Waals surface area (Å²) >= 11 is 0. The van der Waals surface area contributed by atoms with Gasteiger partial charge in [0.2, 0.25) is 11.8 Å². The molecule has 0 saturated carbocycles. The maximum absolute atomic E-state index is 13.1. The van der Waals surface area contributed by atoms with E-state index in [0.717, 1.165) is 17.9 Å². The molecule has 6 nitrogen and oxygen atoms in total. The van der Waals surface area contributed by atoms with Crippen LogP contribution in [0, 0.1) is 11.8 Å². The summed E-state index contributed by atoms with van der Waals surface area (Å²) in [6, 6.07) is 8.09. The van der Waals surface area contributed by atoms with Crippen LogP contribution in [0.25, 0.3) is 0 Å². The van der Waals surface area contributed by atoms with E-state index in [4.69, 9.17) is 4.74 Å². The summed E-state index contributed by atoms with van der Waals surface area (Å²) in [4.78, 5) is 29.9. The van der Waals surface area contributed by atoms with Crippen LogP contribution >= 0.6 is 0 Å². The highest BCUT2D eigenvalue weighted by Gasteiger charge is 2.43. The minimum absolute atomic E-state index is 0.0106. The van der Waals surface area contributed by atoms with E-state index in [9.17, 15) is 9.59 Å². The normalized spacial score (nSPS) is 30.1. The van der Waals surface area contributed by atoms with Crippen LogP contribution in [0.15, 0.2) is 24.3 Å². The van der Waals surface area contributed by atoms with Crippen LogP contribution in [-0.2, 0) is 9.59 Å². The molecule has 4 atom stereocenters. The van der Waals surface area contributed by atoms with Gasteiger partial charge in [0, 0.05) is 26.1 Å². The van der Waals surface area contributed by atoms with E-state index in [1.165, 1.54) is 45.2 Å². The number of carbonyl (C=O) groups excluding carboxylic acids is 2. The Labute approximate surface area is 173 Å². The van der Waals surface area contributed by atoms with Gasteiger partial charge in [-0.2, -0.15) is 0 Å². The van der Waals surface area contributed by atoms with Crippen molar-refractivity contribution >= 4 is 11.8 Å². The predicted octanol–water partition coefficient (Wildman–Crippen LogP) is 2.60. The fourth-order valence-electron chi connectivity index (χ4n) is 5.54. The molecule has 4 rings (SSSR count). The Morgan fingerprint density at radius 2 is 1.90 bits per heavy atom. The SMILES string of the molecule is COc1ccc([C@H]2[C@@H](C(=O)NC[C@@H]3CCCN4CCCC[C@H]34)CC(=O)N2C)cc1. The molecule has 1 aromatic rings. The molecule has 3 aliphatic heterocycles. The molecule has 0 spiro atoms. The second-order valence-electron chi connectivity index (χ2n) is 8.78. The number of piperidine rings is 2. The third kappa shape index (κ3) is 4.13. The maximum Gasteiger partial charge on any atom is 0.226 e. The Bertz CT molecular complexity index is 733. The summed E-state index contributed by atoms with van der Waals surface area (Å²) in [5.41, 5.74) is 0.982. The van der Waals surface area contributed by atoms with Gasteiger partial charge in [-0.15, -0.1) is 0 Å². The van der Waals surface area contributed by atoms with Crippen LogP contribution in [0.5, 0.6) is 5.75 Å². The number of ether oxygens (including phenoxy) is 1. The lowest BCUT2D eigenvalue weighted by atomic mass is 9.83. The van der Waals surface area contributed by atoms with Crippen LogP contribution in [0.4, 0.5) is 0 Å². The van der Waals surface area contributed by atoms with Gasteiger partial charge in [-0.1, -0.05) is 18.6 Å². The number of fused-ring (bicyclic) bond motifs is 1. The summed E-state index contributed by atoms with van der Waals surface area (Å²) < 4.78 is 5.24. The standard InChI is InChI=1S/C23H33N3O3/c1-25-21(27)14-19(22(25)16-8-10-18(29-2)11-9-16)23(28)24-15-17-6-5-13-26-12-4-3-7-20(17)26/h8-11,17,19-20,22H,3-7,12-15H2,1-2H3,(H,24,28)/t17-,19-,20+,22-/m0/s1. The number of hydrogen-bond donors (Lipinski definition) is 1. The van der Waals surface area contributed by atoms with E-state index >= 15 is 0 Å². The van der Waals surface area contributed by atoms with Crippen molar-refractivity contribution < 1.29 is 14.3 Å². The van der Waals surface area contributed by atoms with Gasteiger partial charge < -0.3 is 19.9 Å². The van der Waals surface area contributed by atoms with Gasteiger partial charge in [0.1, 0.15) is 5.75 Å². The Kier molecular flexibility index (Phi) is 6.09. The molecule has 0 aliphatic carbocycles. The fourth-order valence-corrected chi connectivity index (χ4v) is 5.54. The number of carbonyl (C=O) groups is 2. The molecule has 0 radical (unpaired) electrons. The van der Waals surface area contributed by atoms with Crippen molar-refractivity contribution in [1.82, 2.24) is 15.1 Å². The van der Waals surface area contributed by atoms with Crippen LogP contribution in [0.2, 0.25) is 0 Å². The molecule has 29 heavy (non-hydrogen) atoms. The number of rotatable bonds is 5. The smallest absolute Gasteiger partial charge is 0.226 e. The van der Waals surface area contributed by atoms with E-state index < -0.39 is 0 Å². The summed E-state index contributed by atoms with van der Waals surface area (Å²) in [6.45, 7) is 3.14. The van der Waals surface area contributed by atoms with Gasteiger partial charge in [0.05, 0.1) is 19.1 Å². The van der Waals surface area contributed by atoms with Gasteiger partial charge in [0.15, 0.2) is 0 Å². The third-order valence-corrected chi connectivity index (χ3v) is 7.15. The molecule has 6 heteroatoms. The highest BCUT2D eigenvalue weighted by molar-refractivity contribution is 5.90. The molecule has 3 fully saturated rings. The number of nitrogens with one attached hydrogen (secondary N) is 1. The van der Waals surface area contributed by atoms with Crippen molar-refractivity contribution in [3.8, 4) is 5.75 Å². The quantitative estimate of drug-likeness (QED) is 0.827. The predicted molar refractivity (Wildman–Crippen MR) is 112 cm³/mol. The Hall–Kier alpha value is -2.08. The monoisotopic (exact) mass is 399 g/mol. The fraction of sp³-hybridized carbons (Fsp3) is 0.652. The van der Waals surface area contributed by atoms with E-state index in [0.29, 0.717) is 12.0 Å². The molecule has 3 heterocycles.